The van der Waals surface area contributed by atoms with Gasteiger partial charge in [0.05, 0.1) is 6.10 Å². The number of aryl methyl sites for hydroxylation is 1. The molecule has 0 amide bonds. The minimum absolute atomic E-state index is 0.228. The molecular formula is C19H25NO3. The van der Waals surface area contributed by atoms with E-state index in [1.807, 2.05) is 19.1 Å². The highest BCUT2D eigenvalue weighted by molar-refractivity contribution is 5.80. The molecule has 0 radical (unpaired) electrons. The molecule has 0 aliphatic carbocycles. The van der Waals surface area contributed by atoms with Crippen LogP contribution in [0.3, 0.4) is 0 Å². The number of benzene rings is 1. The highest BCUT2D eigenvalue weighted by atomic mass is 16.4. The molecule has 3 rings (SSSR count). The highest BCUT2D eigenvalue weighted by Crippen LogP contribution is 2.25. The van der Waals surface area contributed by atoms with Gasteiger partial charge in [0.2, 0.25) is 0 Å². The summed E-state index contributed by atoms with van der Waals surface area (Å²) in [5.74, 6) is 0.399. The van der Waals surface area contributed by atoms with Crippen molar-refractivity contribution >= 4 is 11.0 Å². The Kier molecular flexibility index (Phi) is 4.83. The van der Waals surface area contributed by atoms with Crippen LogP contribution in [0, 0.1) is 5.92 Å². The standard InChI is InChI=1S/C19H25NO3/c1-3-14-4-5-18-17(10-14)16(11-19(22)23-18)12-20-8-6-15(7-9-20)13(2)21/h4-5,10-11,13,15,21H,3,6-9,12H2,1-2H3. The average molecular weight is 315 g/mol. The van der Waals surface area contributed by atoms with E-state index >= 15 is 0 Å². The second-order valence-corrected chi connectivity index (χ2v) is 6.63. The van der Waals surface area contributed by atoms with Crippen molar-refractivity contribution in [2.75, 3.05) is 13.1 Å². The molecule has 2 aromatic rings. The lowest BCUT2D eigenvalue weighted by atomic mass is 9.92. The molecule has 1 aliphatic heterocycles. The van der Waals surface area contributed by atoms with Crippen LogP contribution in [0.1, 0.15) is 37.8 Å². The molecule has 2 heterocycles. The fraction of sp³-hybridized carbons (Fsp3) is 0.526. The maximum atomic E-state index is 11.8. The lowest BCUT2D eigenvalue weighted by molar-refractivity contribution is 0.0696. The van der Waals surface area contributed by atoms with E-state index in [0.717, 1.165) is 49.8 Å². The summed E-state index contributed by atoms with van der Waals surface area (Å²) in [5, 5.41) is 10.8. The Morgan fingerprint density at radius 3 is 2.70 bits per heavy atom. The average Bonchev–Trinajstić information content (AvgIpc) is 2.55. The summed E-state index contributed by atoms with van der Waals surface area (Å²) in [6.45, 7) is 6.70. The molecule has 0 bridgehead atoms. The predicted molar refractivity (Wildman–Crippen MR) is 91.5 cm³/mol. The lowest BCUT2D eigenvalue weighted by Crippen LogP contribution is -2.36. The zero-order valence-electron chi connectivity index (χ0n) is 13.9. The highest BCUT2D eigenvalue weighted by Gasteiger charge is 2.23. The van der Waals surface area contributed by atoms with Gasteiger partial charge in [0.1, 0.15) is 5.58 Å². The predicted octanol–water partition coefficient (Wildman–Crippen LogP) is 2.95. The summed E-state index contributed by atoms with van der Waals surface area (Å²) < 4.78 is 5.33. The first-order chi connectivity index (χ1) is 11.1. The number of aliphatic hydroxyl groups is 1. The molecule has 0 saturated carbocycles. The third-order valence-corrected chi connectivity index (χ3v) is 5.01. The van der Waals surface area contributed by atoms with E-state index in [1.54, 1.807) is 6.07 Å². The van der Waals surface area contributed by atoms with Crippen LogP contribution in [0.2, 0.25) is 0 Å². The third kappa shape index (κ3) is 3.65. The van der Waals surface area contributed by atoms with Crippen molar-refractivity contribution in [2.24, 2.45) is 5.92 Å². The summed E-state index contributed by atoms with van der Waals surface area (Å²) in [6, 6.07) is 7.68. The van der Waals surface area contributed by atoms with E-state index in [2.05, 4.69) is 17.9 Å². The molecular weight excluding hydrogens is 290 g/mol. The Balaban J connectivity index is 1.83. The number of likely N-dealkylation sites (tertiary alicyclic amines) is 1. The molecule has 4 heteroatoms. The molecule has 1 N–H and O–H groups in total. The van der Waals surface area contributed by atoms with Crippen LogP contribution in [-0.4, -0.2) is 29.2 Å². The first kappa shape index (κ1) is 16.2. The number of hydrogen-bond donors (Lipinski definition) is 1. The summed E-state index contributed by atoms with van der Waals surface area (Å²) in [4.78, 5) is 14.2. The summed E-state index contributed by atoms with van der Waals surface area (Å²) in [5.41, 5.74) is 2.68. The summed E-state index contributed by atoms with van der Waals surface area (Å²) in [7, 11) is 0. The van der Waals surface area contributed by atoms with E-state index in [1.165, 1.54) is 5.56 Å². The Hall–Kier alpha value is -1.65. The molecule has 0 spiro atoms. The van der Waals surface area contributed by atoms with Gasteiger partial charge in [-0.1, -0.05) is 13.0 Å². The van der Waals surface area contributed by atoms with Crippen molar-refractivity contribution in [3.05, 3.63) is 45.8 Å². The van der Waals surface area contributed by atoms with Gasteiger partial charge in [0.15, 0.2) is 0 Å². The van der Waals surface area contributed by atoms with Crippen LogP contribution in [-0.2, 0) is 13.0 Å². The van der Waals surface area contributed by atoms with Crippen LogP contribution >= 0.6 is 0 Å². The van der Waals surface area contributed by atoms with Crippen LogP contribution < -0.4 is 5.63 Å². The Morgan fingerprint density at radius 2 is 2.04 bits per heavy atom. The maximum absolute atomic E-state index is 11.8. The topological polar surface area (TPSA) is 53.7 Å². The first-order valence-electron chi connectivity index (χ1n) is 8.53. The number of piperidine rings is 1. The van der Waals surface area contributed by atoms with Crippen molar-refractivity contribution in [3.63, 3.8) is 0 Å². The first-order valence-corrected chi connectivity index (χ1v) is 8.53. The van der Waals surface area contributed by atoms with Gasteiger partial charge in [-0.05, 0) is 68.5 Å². The van der Waals surface area contributed by atoms with Crippen molar-refractivity contribution in [2.45, 2.75) is 45.8 Å². The smallest absolute Gasteiger partial charge is 0.336 e. The van der Waals surface area contributed by atoms with Gasteiger partial charge >= 0.3 is 5.63 Å². The van der Waals surface area contributed by atoms with Gasteiger partial charge in [0, 0.05) is 18.0 Å². The largest absolute Gasteiger partial charge is 0.423 e. The van der Waals surface area contributed by atoms with Gasteiger partial charge < -0.3 is 9.52 Å². The Bertz CT molecular complexity index is 727. The normalized spacial score (nSPS) is 18.4. The molecule has 1 aromatic heterocycles. The van der Waals surface area contributed by atoms with Crippen molar-refractivity contribution in [1.29, 1.82) is 0 Å². The molecule has 1 fully saturated rings. The minimum Gasteiger partial charge on any atom is -0.423 e. The Morgan fingerprint density at radius 1 is 1.30 bits per heavy atom. The van der Waals surface area contributed by atoms with Gasteiger partial charge in [0.25, 0.3) is 0 Å². The summed E-state index contributed by atoms with van der Waals surface area (Å²) >= 11 is 0. The van der Waals surface area contributed by atoms with Crippen LogP contribution in [0.4, 0.5) is 0 Å². The van der Waals surface area contributed by atoms with Gasteiger partial charge in [-0.15, -0.1) is 0 Å². The summed E-state index contributed by atoms with van der Waals surface area (Å²) in [6.07, 6.45) is 2.76. The maximum Gasteiger partial charge on any atom is 0.336 e. The molecule has 1 saturated heterocycles. The van der Waals surface area contributed by atoms with Crippen molar-refractivity contribution in [3.8, 4) is 0 Å². The molecule has 1 atom stereocenters. The van der Waals surface area contributed by atoms with Gasteiger partial charge in [-0.2, -0.15) is 0 Å². The molecule has 1 aliphatic rings. The minimum atomic E-state index is -0.282. The number of nitrogens with zero attached hydrogens (tertiary/aromatic N) is 1. The number of rotatable bonds is 4. The fourth-order valence-electron chi connectivity index (χ4n) is 3.46. The molecule has 4 nitrogen and oxygen atoms in total. The molecule has 1 unspecified atom stereocenters. The lowest BCUT2D eigenvalue weighted by Gasteiger charge is -2.33. The molecule has 1 aromatic carbocycles. The van der Waals surface area contributed by atoms with E-state index in [9.17, 15) is 9.90 Å². The van der Waals surface area contributed by atoms with Crippen LogP contribution in [0.5, 0.6) is 0 Å². The second kappa shape index (κ2) is 6.85. The number of aliphatic hydroxyl groups excluding tert-OH is 1. The molecule has 23 heavy (non-hydrogen) atoms. The van der Waals surface area contributed by atoms with Crippen molar-refractivity contribution in [1.82, 2.24) is 4.90 Å². The van der Waals surface area contributed by atoms with E-state index in [0.29, 0.717) is 11.5 Å². The second-order valence-electron chi connectivity index (χ2n) is 6.63. The van der Waals surface area contributed by atoms with Gasteiger partial charge in [-0.25, -0.2) is 4.79 Å². The van der Waals surface area contributed by atoms with E-state index in [-0.39, 0.29) is 11.7 Å². The van der Waals surface area contributed by atoms with E-state index in [4.69, 9.17) is 4.42 Å². The van der Waals surface area contributed by atoms with Crippen LogP contribution in [0.15, 0.2) is 33.5 Å². The number of hydrogen-bond acceptors (Lipinski definition) is 4. The SMILES string of the molecule is CCc1ccc2oc(=O)cc(CN3CCC(C(C)O)CC3)c2c1. The third-order valence-electron chi connectivity index (χ3n) is 5.01. The van der Waals surface area contributed by atoms with E-state index < -0.39 is 0 Å². The fourth-order valence-corrected chi connectivity index (χ4v) is 3.46. The van der Waals surface area contributed by atoms with Gasteiger partial charge in [-0.3, -0.25) is 4.90 Å². The quantitative estimate of drug-likeness (QED) is 0.881. The zero-order chi connectivity index (χ0) is 16.4. The Labute approximate surface area is 136 Å². The van der Waals surface area contributed by atoms with Crippen molar-refractivity contribution < 1.29 is 9.52 Å². The molecule has 124 valence electrons. The zero-order valence-corrected chi connectivity index (χ0v) is 13.9. The monoisotopic (exact) mass is 315 g/mol. The number of fused-ring (bicyclic) bond motifs is 1. The van der Waals surface area contributed by atoms with Crippen LogP contribution in [0.25, 0.3) is 11.0 Å².